The molecule has 0 aromatic rings. The van der Waals surface area contributed by atoms with E-state index in [4.69, 9.17) is 11.6 Å². The maximum atomic E-state index is 11.4. The first-order valence-corrected chi connectivity index (χ1v) is 4.42. The van der Waals surface area contributed by atoms with Crippen molar-refractivity contribution in [2.45, 2.75) is 19.3 Å². The summed E-state index contributed by atoms with van der Waals surface area (Å²) in [5, 5.41) is 0. The summed E-state index contributed by atoms with van der Waals surface area (Å²) in [7, 11) is 3.53. The highest BCUT2D eigenvalue weighted by atomic mass is 35.5. The molecule has 0 N–H and O–H groups in total. The molecule has 1 rings (SSSR count). The Morgan fingerprint density at radius 2 is 2.00 bits per heavy atom. The third-order valence-electron chi connectivity index (χ3n) is 2.26. The van der Waals surface area contributed by atoms with Gasteiger partial charge in [-0.3, -0.25) is 0 Å². The number of urea groups is 1. The number of alkyl halides is 1. The van der Waals surface area contributed by atoms with E-state index in [1.54, 1.807) is 23.9 Å². The SMILES string of the molecule is CN1CC(C)(C)C(Cl)N(C)C1=O. The van der Waals surface area contributed by atoms with Crippen molar-refractivity contribution in [1.82, 2.24) is 9.80 Å². The molecule has 3 nitrogen and oxygen atoms in total. The fraction of sp³-hybridized carbons (Fsp3) is 0.875. The fourth-order valence-electron chi connectivity index (χ4n) is 1.64. The van der Waals surface area contributed by atoms with Gasteiger partial charge in [0.05, 0.1) is 0 Å². The van der Waals surface area contributed by atoms with Crippen LogP contribution in [0, 0.1) is 5.41 Å². The normalized spacial score (nSPS) is 29.4. The summed E-state index contributed by atoms with van der Waals surface area (Å²) in [5.41, 5.74) is -0.250. The van der Waals surface area contributed by atoms with Gasteiger partial charge in [0.15, 0.2) is 0 Å². The van der Waals surface area contributed by atoms with Crippen LogP contribution in [0.25, 0.3) is 0 Å². The molecule has 0 aromatic carbocycles. The van der Waals surface area contributed by atoms with Gasteiger partial charge in [-0.2, -0.15) is 0 Å². The molecule has 70 valence electrons. The third kappa shape index (κ3) is 1.38. The van der Waals surface area contributed by atoms with Gasteiger partial charge >= 0.3 is 6.03 Å². The van der Waals surface area contributed by atoms with Crippen molar-refractivity contribution < 1.29 is 4.79 Å². The molecule has 0 spiro atoms. The molecule has 2 amide bonds. The summed E-state index contributed by atoms with van der Waals surface area (Å²) < 4.78 is 0. The molecule has 0 radical (unpaired) electrons. The molecule has 0 aliphatic carbocycles. The van der Waals surface area contributed by atoms with Crippen LogP contribution in [-0.4, -0.2) is 42.0 Å². The molecule has 1 fully saturated rings. The van der Waals surface area contributed by atoms with E-state index in [2.05, 4.69) is 13.8 Å². The van der Waals surface area contributed by atoms with Gasteiger partial charge in [0.2, 0.25) is 0 Å². The van der Waals surface area contributed by atoms with Gasteiger partial charge in [0.1, 0.15) is 5.50 Å². The Balaban J connectivity index is 2.85. The van der Waals surface area contributed by atoms with Crippen LogP contribution < -0.4 is 0 Å². The summed E-state index contributed by atoms with van der Waals surface area (Å²) in [6.07, 6.45) is 0. The zero-order valence-corrected chi connectivity index (χ0v) is 8.72. The average Bonchev–Trinajstić information content (AvgIpc) is 1.97. The van der Waals surface area contributed by atoms with Crippen LogP contribution in [0.15, 0.2) is 0 Å². The molecular weight excluding hydrogens is 176 g/mol. The van der Waals surface area contributed by atoms with Crippen LogP contribution in [0.4, 0.5) is 4.79 Å². The smallest absolute Gasteiger partial charge is 0.320 e. The van der Waals surface area contributed by atoms with Gasteiger partial charge < -0.3 is 9.80 Å². The largest absolute Gasteiger partial charge is 0.327 e. The van der Waals surface area contributed by atoms with Crippen LogP contribution in [0.5, 0.6) is 0 Å². The number of hydrogen-bond acceptors (Lipinski definition) is 1. The molecule has 1 saturated heterocycles. The number of hydrogen-bond donors (Lipinski definition) is 0. The summed E-state index contributed by atoms with van der Waals surface area (Å²) in [6.45, 7) is 4.83. The predicted molar refractivity (Wildman–Crippen MR) is 49.2 cm³/mol. The Morgan fingerprint density at radius 3 is 2.50 bits per heavy atom. The van der Waals surface area contributed by atoms with Crippen LogP contribution in [0.2, 0.25) is 0 Å². The van der Waals surface area contributed by atoms with E-state index in [1.807, 2.05) is 0 Å². The highest BCUT2D eigenvalue weighted by Crippen LogP contribution is 2.32. The quantitative estimate of drug-likeness (QED) is 0.420. The molecule has 1 aliphatic heterocycles. The summed E-state index contributed by atoms with van der Waals surface area (Å²) in [6, 6.07) is -0.00525. The number of rotatable bonds is 0. The molecule has 4 heteroatoms. The molecule has 12 heavy (non-hydrogen) atoms. The first-order valence-electron chi connectivity index (χ1n) is 3.98. The summed E-state index contributed by atoms with van der Waals surface area (Å²) in [4.78, 5) is 14.7. The zero-order chi connectivity index (χ0) is 9.52. The maximum Gasteiger partial charge on any atom is 0.320 e. The van der Waals surface area contributed by atoms with E-state index >= 15 is 0 Å². The lowest BCUT2D eigenvalue weighted by molar-refractivity contribution is 0.0775. The number of nitrogens with zero attached hydrogens (tertiary/aromatic N) is 2. The molecule has 0 aromatic heterocycles. The van der Waals surface area contributed by atoms with E-state index in [0.717, 1.165) is 0 Å². The van der Waals surface area contributed by atoms with Crippen molar-refractivity contribution in [2.24, 2.45) is 5.41 Å². The van der Waals surface area contributed by atoms with E-state index in [0.29, 0.717) is 6.54 Å². The second kappa shape index (κ2) is 2.80. The summed E-state index contributed by atoms with van der Waals surface area (Å²) in [5.74, 6) is 0. The number of carbonyl (C=O) groups excluding carboxylic acids is 1. The maximum absolute atomic E-state index is 11.4. The molecule has 1 heterocycles. The highest BCUT2D eigenvalue weighted by molar-refractivity contribution is 6.21. The minimum Gasteiger partial charge on any atom is -0.327 e. The topological polar surface area (TPSA) is 23.6 Å². The minimum atomic E-state index is -0.207. The molecule has 1 atom stereocenters. The lowest BCUT2D eigenvalue weighted by Gasteiger charge is -2.45. The molecular formula is C8H15ClN2O. The minimum absolute atomic E-state index is 0.00525. The van der Waals surface area contributed by atoms with Gasteiger partial charge in [-0.25, -0.2) is 4.79 Å². The van der Waals surface area contributed by atoms with Crippen molar-refractivity contribution >= 4 is 17.6 Å². The molecule has 1 unspecified atom stereocenters. The van der Waals surface area contributed by atoms with E-state index < -0.39 is 0 Å². The third-order valence-corrected chi connectivity index (χ3v) is 3.14. The van der Waals surface area contributed by atoms with Crippen LogP contribution >= 0.6 is 11.6 Å². The standard InChI is InChI=1S/C8H15ClN2O/c1-8(2)5-10(3)7(12)11(4)6(8)9/h6H,5H2,1-4H3. The van der Waals surface area contributed by atoms with Crippen molar-refractivity contribution in [3.05, 3.63) is 0 Å². The van der Waals surface area contributed by atoms with E-state index in [9.17, 15) is 4.79 Å². The number of carbonyl (C=O) groups is 1. The van der Waals surface area contributed by atoms with Crippen molar-refractivity contribution in [2.75, 3.05) is 20.6 Å². The average molecular weight is 191 g/mol. The molecule has 1 aliphatic rings. The Kier molecular flexibility index (Phi) is 2.25. The van der Waals surface area contributed by atoms with E-state index in [1.165, 1.54) is 0 Å². The van der Waals surface area contributed by atoms with Crippen molar-refractivity contribution in [3.8, 4) is 0 Å². The monoisotopic (exact) mass is 190 g/mol. The Morgan fingerprint density at radius 1 is 1.50 bits per heavy atom. The van der Waals surface area contributed by atoms with Crippen molar-refractivity contribution in [3.63, 3.8) is 0 Å². The number of halogens is 1. The van der Waals surface area contributed by atoms with Gasteiger partial charge in [-0.05, 0) is 0 Å². The van der Waals surface area contributed by atoms with E-state index in [-0.39, 0.29) is 16.9 Å². The molecule has 0 bridgehead atoms. The van der Waals surface area contributed by atoms with Gasteiger partial charge in [0.25, 0.3) is 0 Å². The van der Waals surface area contributed by atoms with Gasteiger partial charge in [0, 0.05) is 26.1 Å². The second-order valence-electron chi connectivity index (χ2n) is 4.07. The van der Waals surface area contributed by atoms with Gasteiger partial charge in [-0.15, -0.1) is 0 Å². The van der Waals surface area contributed by atoms with Crippen LogP contribution in [-0.2, 0) is 0 Å². The Hall–Kier alpha value is -0.440. The highest BCUT2D eigenvalue weighted by Gasteiger charge is 2.40. The fourth-order valence-corrected chi connectivity index (χ4v) is 1.80. The summed E-state index contributed by atoms with van der Waals surface area (Å²) >= 11 is 6.10. The Labute approximate surface area is 78.3 Å². The predicted octanol–water partition coefficient (Wildman–Crippen LogP) is 1.57. The Bertz CT molecular complexity index is 205. The lowest BCUT2D eigenvalue weighted by atomic mass is 9.90. The van der Waals surface area contributed by atoms with Crippen LogP contribution in [0.1, 0.15) is 13.8 Å². The van der Waals surface area contributed by atoms with Crippen molar-refractivity contribution in [1.29, 1.82) is 0 Å². The number of amides is 2. The second-order valence-corrected chi connectivity index (χ2v) is 4.49. The van der Waals surface area contributed by atoms with Gasteiger partial charge in [-0.1, -0.05) is 25.4 Å². The van der Waals surface area contributed by atoms with Crippen LogP contribution in [0.3, 0.4) is 0 Å². The lowest BCUT2D eigenvalue weighted by Crippen LogP contribution is -2.57. The zero-order valence-electron chi connectivity index (χ0n) is 7.97. The first-order chi connectivity index (χ1) is 5.36. The first kappa shape index (κ1) is 9.65. The molecule has 0 saturated carbocycles.